The smallest absolute Gasteiger partial charge is 0.255 e. The van der Waals surface area contributed by atoms with E-state index >= 15 is 0 Å². The van der Waals surface area contributed by atoms with Gasteiger partial charge in [0, 0.05) is 30.6 Å². The van der Waals surface area contributed by atoms with Crippen LogP contribution in [0.1, 0.15) is 23.7 Å². The highest BCUT2D eigenvalue weighted by Crippen LogP contribution is 2.18. The van der Waals surface area contributed by atoms with Crippen LogP contribution in [0.3, 0.4) is 0 Å². The maximum Gasteiger partial charge on any atom is 0.255 e. The summed E-state index contributed by atoms with van der Waals surface area (Å²) in [6, 6.07) is 7.97. The van der Waals surface area contributed by atoms with E-state index in [-0.39, 0.29) is 5.91 Å². The number of nitrogens with zero attached hydrogens (tertiary/aromatic N) is 2. The van der Waals surface area contributed by atoms with E-state index in [0.717, 1.165) is 31.0 Å². The SMILES string of the molecule is CCC1CN(C(=O)c2ccccc2S)CCN1C. The van der Waals surface area contributed by atoms with Gasteiger partial charge in [-0.3, -0.25) is 9.69 Å². The van der Waals surface area contributed by atoms with Gasteiger partial charge in [0.05, 0.1) is 5.56 Å². The largest absolute Gasteiger partial charge is 0.336 e. The molecule has 1 amide bonds. The van der Waals surface area contributed by atoms with Crippen LogP contribution in [0.2, 0.25) is 0 Å². The Hall–Kier alpha value is -1.00. The Bertz CT molecular complexity index is 436. The normalized spacial score (nSPS) is 21.1. The van der Waals surface area contributed by atoms with E-state index in [1.54, 1.807) is 0 Å². The zero-order valence-electron chi connectivity index (χ0n) is 11.0. The van der Waals surface area contributed by atoms with Crippen molar-refractivity contribution in [3.05, 3.63) is 29.8 Å². The first-order valence-corrected chi connectivity index (χ1v) is 6.85. The van der Waals surface area contributed by atoms with Crippen LogP contribution in [0.25, 0.3) is 0 Å². The predicted molar refractivity (Wildman–Crippen MR) is 76.3 cm³/mol. The molecule has 4 heteroatoms. The molecular weight excluding hydrogens is 244 g/mol. The Morgan fingerprint density at radius 1 is 1.39 bits per heavy atom. The van der Waals surface area contributed by atoms with Crippen LogP contribution in [0.15, 0.2) is 29.2 Å². The van der Waals surface area contributed by atoms with Crippen molar-refractivity contribution >= 4 is 18.5 Å². The van der Waals surface area contributed by atoms with E-state index in [4.69, 9.17) is 0 Å². The number of piperazine rings is 1. The second-order valence-electron chi connectivity index (χ2n) is 4.81. The lowest BCUT2D eigenvalue weighted by Crippen LogP contribution is -2.53. The van der Waals surface area contributed by atoms with Crippen molar-refractivity contribution < 1.29 is 4.79 Å². The molecule has 0 bridgehead atoms. The van der Waals surface area contributed by atoms with E-state index in [2.05, 4.69) is 31.5 Å². The van der Waals surface area contributed by atoms with Crippen LogP contribution in [0.4, 0.5) is 0 Å². The maximum atomic E-state index is 12.4. The summed E-state index contributed by atoms with van der Waals surface area (Å²) in [5, 5.41) is 0. The van der Waals surface area contributed by atoms with Gasteiger partial charge < -0.3 is 4.90 Å². The second-order valence-corrected chi connectivity index (χ2v) is 5.29. The summed E-state index contributed by atoms with van der Waals surface area (Å²) in [6.07, 6.45) is 1.07. The van der Waals surface area contributed by atoms with Crippen molar-refractivity contribution in [3.63, 3.8) is 0 Å². The van der Waals surface area contributed by atoms with E-state index in [1.807, 2.05) is 29.2 Å². The van der Waals surface area contributed by atoms with Crippen molar-refractivity contribution in [1.29, 1.82) is 0 Å². The number of benzene rings is 1. The monoisotopic (exact) mass is 264 g/mol. The third kappa shape index (κ3) is 2.70. The first kappa shape index (κ1) is 13.4. The Morgan fingerprint density at radius 2 is 2.11 bits per heavy atom. The van der Waals surface area contributed by atoms with Crippen molar-refractivity contribution in [3.8, 4) is 0 Å². The number of hydrogen-bond acceptors (Lipinski definition) is 3. The molecule has 1 aromatic carbocycles. The van der Waals surface area contributed by atoms with Crippen molar-refractivity contribution in [1.82, 2.24) is 9.80 Å². The molecule has 98 valence electrons. The van der Waals surface area contributed by atoms with Crippen LogP contribution in [0.5, 0.6) is 0 Å². The number of hydrogen-bond donors (Lipinski definition) is 1. The summed E-state index contributed by atoms with van der Waals surface area (Å²) >= 11 is 4.36. The number of carbonyl (C=O) groups excluding carboxylic acids is 1. The lowest BCUT2D eigenvalue weighted by molar-refractivity contribution is 0.0539. The van der Waals surface area contributed by atoms with Crippen molar-refractivity contribution in [2.45, 2.75) is 24.3 Å². The minimum absolute atomic E-state index is 0.104. The van der Waals surface area contributed by atoms with Gasteiger partial charge in [0.25, 0.3) is 5.91 Å². The molecule has 1 fully saturated rings. The van der Waals surface area contributed by atoms with Gasteiger partial charge in [-0.25, -0.2) is 0 Å². The van der Waals surface area contributed by atoms with Gasteiger partial charge in [0.1, 0.15) is 0 Å². The minimum Gasteiger partial charge on any atom is -0.336 e. The van der Waals surface area contributed by atoms with E-state index in [0.29, 0.717) is 11.6 Å². The third-order valence-corrected chi connectivity index (χ3v) is 4.06. The van der Waals surface area contributed by atoms with Crippen molar-refractivity contribution in [2.75, 3.05) is 26.7 Å². The Morgan fingerprint density at radius 3 is 2.78 bits per heavy atom. The molecule has 0 N–H and O–H groups in total. The van der Waals surface area contributed by atoms with Gasteiger partial charge >= 0.3 is 0 Å². The number of amides is 1. The topological polar surface area (TPSA) is 23.6 Å². The molecule has 0 spiro atoms. The van der Waals surface area contributed by atoms with Gasteiger partial charge in [-0.15, -0.1) is 12.6 Å². The lowest BCUT2D eigenvalue weighted by Gasteiger charge is -2.39. The van der Waals surface area contributed by atoms with Crippen LogP contribution < -0.4 is 0 Å². The summed E-state index contributed by atoms with van der Waals surface area (Å²) in [6.45, 7) is 4.72. The first-order chi connectivity index (χ1) is 8.63. The molecule has 0 aliphatic carbocycles. The molecule has 1 aliphatic heterocycles. The highest BCUT2D eigenvalue weighted by molar-refractivity contribution is 7.80. The van der Waals surface area contributed by atoms with Crippen LogP contribution >= 0.6 is 12.6 Å². The van der Waals surface area contributed by atoms with Crippen LogP contribution in [-0.2, 0) is 0 Å². The maximum absolute atomic E-state index is 12.4. The summed E-state index contributed by atoms with van der Waals surface area (Å²) in [5.74, 6) is 0.104. The van der Waals surface area contributed by atoms with Gasteiger partial charge in [-0.05, 0) is 25.6 Å². The lowest BCUT2D eigenvalue weighted by atomic mass is 10.1. The van der Waals surface area contributed by atoms with E-state index in [9.17, 15) is 4.79 Å². The Kier molecular flexibility index (Phi) is 4.30. The zero-order valence-corrected chi connectivity index (χ0v) is 11.9. The highest BCUT2D eigenvalue weighted by atomic mass is 32.1. The van der Waals surface area contributed by atoms with Crippen LogP contribution in [-0.4, -0.2) is 48.4 Å². The molecule has 1 unspecified atom stereocenters. The highest BCUT2D eigenvalue weighted by Gasteiger charge is 2.27. The molecule has 18 heavy (non-hydrogen) atoms. The second kappa shape index (κ2) is 5.76. The predicted octanol–water partition coefficient (Wildman–Crippen LogP) is 2.14. The molecule has 0 aromatic heterocycles. The number of likely N-dealkylation sites (N-methyl/N-ethyl adjacent to an activating group) is 1. The zero-order chi connectivity index (χ0) is 13.1. The van der Waals surface area contributed by atoms with Crippen LogP contribution in [0, 0.1) is 0 Å². The number of carbonyl (C=O) groups is 1. The number of thiol groups is 1. The molecule has 3 nitrogen and oxygen atoms in total. The fourth-order valence-corrected chi connectivity index (χ4v) is 2.65. The molecule has 1 atom stereocenters. The summed E-state index contributed by atoms with van der Waals surface area (Å²) in [7, 11) is 2.13. The van der Waals surface area contributed by atoms with E-state index in [1.165, 1.54) is 0 Å². The van der Waals surface area contributed by atoms with E-state index < -0.39 is 0 Å². The first-order valence-electron chi connectivity index (χ1n) is 6.41. The van der Waals surface area contributed by atoms with Crippen molar-refractivity contribution in [2.24, 2.45) is 0 Å². The summed E-state index contributed by atoms with van der Waals surface area (Å²) in [5.41, 5.74) is 0.709. The molecule has 2 rings (SSSR count). The fourth-order valence-electron chi connectivity index (χ4n) is 2.40. The average molecular weight is 264 g/mol. The average Bonchev–Trinajstić information content (AvgIpc) is 2.39. The summed E-state index contributed by atoms with van der Waals surface area (Å²) in [4.78, 5) is 17.5. The third-order valence-electron chi connectivity index (χ3n) is 3.67. The molecular formula is C14H20N2OS. The van der Waals surface area contributed by atoms with Gasteiger partial charge in [0.15, 0.2) is 0 Å². The Balaban J connectivity index is 2.13. The number of rotatable bonds is 2. The van der Waals surface area contributed by atoms with Gasteiger partial charge in [-0.1, -0.05) is 19.1 Å². The molecule has 1 aromatic rings. The van der Waals surface area contributed by atoms with Gasteiger partial charge in [-0.2, -0.15) is 0 Å². The van der Waals surface area contributed by atoms with Gasteiger partial charge in [0.2, 0.25) is 0 Å². The fraction of sp³-hybridized carbons (Fsp3) is 0.500. The Labute approximate surface area is 114 Å². The molecule has 1 saturated heterocycles. The minimum atomic E-state index is 0.104. The molecule has 1 heterocycles. The molecule has 1 aliphatic rings. The molecule has 0 saturated carbocycles. The quantitative estimate of drug-likeness (QED) is 0.827. The molecule has 0 radical (unpaired) electrons. The standard InChI is InChI=1S/C14H20N2OS/c1-3-11-10-16(9-8-15(11)2)14(17)12-6-4-5-7-13(12)18/h4-7,11,18H,3,8-10H2,1-2H3. The summed E-state index contributed by atoms with van der Waals surface area (Å²) < 4.78 is 0.